The van der Waals surface area contributed by atoms with Crippen molar-refractivity contribution in [3.8, 4) is 0 Å². The molecule has 0 spiro atoms. The number of rotatable bonds is 4. The lowest BCUT2D eigenvalue weighted by Crippen LogP contribution is -2.39. The van der Waals surface area contributed by atoms with Gasteiger partial charge in [-0.05, 0) is 76.2 Å². The minimum absolute atomic E-state index is 0. The largest absolute Gasteiger partial charge is 0.317 e. The molecule has 18 heavy (non-hydrogen) atoms. The van der Waals surface area contributed by atoms with Crippen molar-refractivity contribution in [3.05, 3.63) is 0 Å². The van der Waals surface area contributed by atoms with Crippen LogP contribution in [-0.2, 0) is 0 Å². The highest BCUT2D eigenvalue weighted by atomic mass is 35.5. The first-order chi connectivity index (χ1) is 8.22. The molecule has 0 aromatic heterocycles. The van der Waals surface area contributed by atoms with E-state index in [1.807, 2.05) is 0 Å². The van der Waals surface area contributed by atoms with Gasteiger partial charge >= 0.3 is 0 Å². The highest BCUT2D eigenvalue weighted by molar-refractivity contribution is 5.85. The summed E-state index contributed by atoms with van der Waals surface area (Å²) in [5.74, 6) is 0.996. The highest BCUT2D eigenvalue weighted by Gasteiger charge is 2.28. The summed E-state index contributed by atoms with van der Waals surface area (Å²) in [5.41, 5.74) is 0.644. The Labute approximate surface area is 119 Å². The number of halogens is 1. The van der Waals surface area contributed by atoms with E-state index in [-0.39, 0.29) is 12.4 Å². The molecule has 2 aliphatic rings. The molecule has 1 N–H and O–H groups in total. The number of likely N-dealkylation sites (tertiary alicyclic amines) is 1. The molecule has 2 aliphatic heterocycles. The zero-order chi connectivity index (χ0) is 12.1. The fourth-order valence-corrected chi connectivity index (χ4v) is 3.21. The first-order valence-electron chi connectivity index (χ1n) is 7.65. The molecular formula is C15H31ClN2. The molecule has 0 unspecified atom stereocenters. The van der Waals surface area contributed by atoms with Gasteiger partial charge in [0.15, 0.2) is 0 Å². The number of nitrogens with zero attached hydrogens (tertiary/aromatic N) is 1. The topological polar surface area (TPSA) is 15.3 Å². The summed E-state index contributed by atoms with van der Waals surface area (Å²) in [6.07, 6.45) is 8.42. The smallest absolute Gasteiger partial charge is 0.00135 e. The Balaban J connectivity index is 0.00000162. The predicted octanol–water partition coefficient (Wildman–Crippen LogP) is 3.31. The van der Waals surface area contributed by atoms with Gasteiger partial charge in [-0.3, -0.25) is 0 Å². The Morgan fingerprint density at radius 2 is 1.78 bits per heavy atom. The van der Waals surface area contributed by atoms with Gasteiger partial charge in [0, 0.05) is 0 Å². The van der Waals surface area contributed by atoms with E-state index in [4.69, 9.17) is 0 Å². The van der Waals surface area contributed by atoms with Gasteiger partial charge in [0.25, 0.3) is 0 Å². The lowest BCUT2D eigenvalue weighted by molar-refractivity contribution is 0.108. The normalized spacial score (nSPS) is 25.7. The molecule has 0 amide bonds. The molecule has 0 bridgehead atoms. The second kappa shape index (κ2) is 7.72. The van der Waals surface area contributed by atoms with Crippen molar-refractivity contribution in [1.29, 1.82) is 0 Å². The van der Waals surface area contributed by atoms with Crippen LogP contribution in [0.15, 0.2) is 0 Å². The lowest BCUT2D eigenvalue weighted by atomic mass is 9.78. The van der Waals surface area contributed by atoms with Crippen LogP contribution >= 0.6 is 12.4 Å². The molecule has 2 nitrogen and oxygen atoms in total. The van der Waals surface area contributed by atoms with Crippen LogP contribution in [0.3, 0.4) is 0 Å². The molecule has 2 saturated heterocycles. The average Bonchev–Trinajstić information content (AvgIpc) is 2.39. The minimum atomic E-state index is 0. The number of hydrogen-bond donors (Lipinski definition) is 1. The molecule has 0 aromatic carbocycles. The molecule has 0 atom stereocenters. The molecule has 0 aromatic rings. The Morgan fingerprint density at radius 3 is 2.33 bits per heavy atom. The number of nitrogens with one attached hydrogen (secondary N) is 1. The van der Waals surface area contributed by atoms with Crippen molar-refractivity contribution in [2.24, 2.45) is 11.3 Å². The summed E-state index contributed by atoms with van der Waals surface area (Å²) in [6.45, 7) is 11.4. The Morgan fingerprint density at radius 1 is 1.17 bits per heavy atom. The van der Waals surface area contributed by atoms with Crippen LogP contribution < -0.4 is 5.32 Å². The van der Waals surface area contributed by atoms with E-state index in [9.17, 15) is 0 Å². The molecule has 0 aliphatic carbocycles. The van der Waals surface area contributed by atoms with Crippen LogP contribution in [0.2, 0.25) is 0 Å². The molecule has 2 heterocycles. The summed E-state index contributed by atoms with van der Waals surface area (Å²) >= 11 is 0. The SMILES string of the molecule is CCC1(C)CCN(CCC2CCNCC2)CC1.Cl. The van der Waals surface area contributed by atoms with Gasteiger partial charge in [-0.25, -0.2) is 0 Å². The number of hydrogen-bond acceptors (Lipinski definition) is 2. The van der Waals surface area contributed by atoms with Crippen molar-refractivity contribution in [2.75, 3.05) is 32.7 Å². The van der Waals surface area contributed by atoms with Crippen molar-refractivity contribution >= 4 is 12.4 Å². The van der Waals surface area contributed by atoms with Gasteiger partial charge in [-0.2, -0.15) is 0 Å². The first-order valence-corrected chi connectivity index (χ1v) is 7.65. The van der Waals surface area contributed by atoms with Crippen LogP contribution in [0.25, 0.3) is 0 Å². The average molecular weight is 275 g/mol. The minimum Gasteiger partial charge on any atom is -0.317 e. The van der Waals surface area contributed by atoms with Gasteiger partial charge in [-0.1, -0.05) is 20.3 Å². The van der Waals surface area contributed by atoms with Crippen LogP contribution in [-0.4, -0.2) is 37.6 Å². The molecule has 0 radical (unpaired) electrons. The van der Waals surface area contributed by atoms with Crippen LogP contribution in [0, 0.1) is 11.3 Å². The van der Waals surface area contributed by atoms with E-state index in [2.05, 4.69) is 24.1 Å². The van der Waals surface area contributed by atoms with Gasteiger partial charge in [0.2, 0.25) is 0 Å². The van der Waals surface area contributed by atoms with Crippen molar-refractivity contribution < 1.29 is 0 Å². The Hall–Kier alpha value is 0.210. The zero-order valence-electron chi connectivity index (χ0n) is 12.2. The summed E-state index contributed by atoms with van der Waals surface area (Å²) < 4.78 is 0. The van der Waals surface area contributed by atoms with Crippen molar-refractivity contribution in [2.45, 2.75) is 52.4 Å². The first kappa shape index (κ1) is 16.3. The number of piperidine rings is 2. The second-order valence-electron chi connectivity index (χ2n) is 6.49. The van der Waals surface area contributed by atoms with Crippen LogP contribution in [0.1, 0.15) is 52.4 Å². The van der Waals surface area contributed by atoms with E-state index in [1.54, 1.807) is 0 Å². The van der Waals surface area contributed by atoms with E-state index in [1.165, 1.54) is 71.2 Å². The van der Waals surface area contributed by atoms with E-state index in [0.717, 1.165) is 5.92 Å². The standard InChI is InChI=1S/C15H30N2.ClH/c1-3-15(2)7-12-17(13-8-15)11-6-14-4-9-16-10-5-14;/h14,16H,3-13H2,1-2H3;1H. The van der Waals surface area contributed by atoms with Gasteiger partial charge in [-0.15, -0.1) is 12.4 Å². The van der Waals surface area contributed by atoms with E-state index < -0.39 is 0 Å². The quantitative estimate of drug-likeness (QED) is 0.846. The fraction of sp³-hybridized carbons (Fsp3) is 1.00. The fourth-order valence-electron chi connectivity index (χ4n) is 3.21. The molecular weight excluding hydrogens is 244 g/mol. The van der Waals surface area contributed by atoms with Gasteiger partial charge in [0.1, 0.15) is 0 Å². The van der Waals surface area contributed by atoms with E-state index in [0.29, 0.717) is 5.41 Å². The Bertz CT molecular complexity index is 219. The third kappa shape index (κ3) is 4.71. The Kier molecular flexibility index (Phi) is 6.97. The summed E-state index contributed by atoms with van der Waals surface area (Å²) in [6, 6.07) is 0. The van der Waals surface area contributed by atoms with Crippen molar-refractivity contribution in [3.63, 3.8) is 0 Å². The predicted molar refractivity (Wildman–Crippen MR) is 81.5 cm³/mol. The van der Waals surface area contributed by atoms with Crippen molar-refractivity contribution in [1.82, 2.24) is 10.2 Å². The summed E-state index contributed by atoms with van der Waals surface area (Å²) in [5, 5.41) is 3.46. The molecule has 0 saturated carbocycles. The monoisotopic (exact) mass is 274 g/mol. The molecule has 3 heteroatoms. The highest BCUT2D eigenvalue weighted by Crippen LogP contribution is 2.34. The third-order valence-corrected chi connectivity index (χ3v) is 5.23. The van der Waals surface area contributed by atoms with Crippen LogP contribution in [0.4, 0.5) is 0 Å². The third-order valence-electron chi connectivity index (χ3n) is 5.23. The summed E-state index contributed by atoms with van der Waals surface area (Å²) in [4.78, 5) is 2.71. The molecule has 2 fully saturated rings. The summed E-state index contributed by atoms with van der Waals surface area (Å²) in [7, 11) is 0. The maximum absolute atomic E-state index is 3.46. The molecule has 108 valence electrons. The van der Waals surface area contributed by atoms with E-state index >= 15 is 0 Å². The molecule has 2 rings (SSSR count). The maximum Gasteiger partial charge on any atom is -0.00135 e. The van der Waals surface area contributed by atoms with Gasteiger partial charge < -0.3 is 10.2 Å². The zero-order valence-corrected chi connectivity index (χ0v) is 13.0. The second-order valence-corrected chi connectivity index (χ2v) is 6.49. The lowest BCUT2D eigenvalue weighted by Gasteiger charge is -2.39. The van der Waals surface area contributed by atoms with Gasteiger partial charge in [0.05, 0.1) is 0 Å². The maximum atomic E-state index is 3.46. The van der Waals surface area contributed by atoms with Crippen LogP contribution in [0.5, 0.6) is 0 Å².